The minimum atomic E-state index is -0.298. The van der Waals surface area contributed by atoms with E-state index in [1.807, 2.05) is 30.3 Å². The van der Waals surface area contributed by atoms with Gasteiger partial charge >= 0.3 is 0 Å². The number of hydrogen-bond donors (Lipinski definition) is 1. The molecule has 0 saturated carbocycles. The van der Waals surface area contributed by atoms with Gasteiger partial charge in [-0.25, -0.2) is 4.98 Å². The molecule has 0 atom stereocenters. The number of hydrogen-bond acceptors (Lipinski definition) is 4. The molecule has 0 bridgehead atoms. The van der Waals surface area contributed by atoms with Crippen LogP contribution in [0.1, 0.15) is 23.3 Å². The second-order valence-corrected chi connectivity index (χ2v) is 6.38. The molecule has 0 radical (unpaired) electrons. The van der Waals surface area contributed by atoms with Crippen LogP contribution in [0.3, 0.4) is 0 Å². The molecule has 6 heteroatoms. The van der Waals surface area contributed by atoms with E-state index in [2.05, 4.69) is 10.3 Å². The van der Waals surface area contributed by atoms with Gasteiger partial charge in [0, 0.05) is 30.1 Å². The maximum Gasteiger partial charge on any atom is 0.274 e. The number of nitrogens with zero attached hydrogens (tertiary/aromatic N) is 2. The number of carbonyl (C=O) groups is 2. The molecule has 136 valence electrons. The molecule has 27 heavy (non-hydrogen) atoms. The number of carbonyl (C=O) groups excluding carboxylic acids is 2. The third kappa shape index (κ3) is 3.33. The maximum absolute atomic E-state index is 12.6. The van der Waals surface area contributed by atoms with Crippen molar-refractivity contribution in [3.05, 3.63) is 60.3 Å². The van der Waals surface area contributed by atoms with Crippen molar-refractivity contribution in [2.75, 3.05) is 23.9 Å². The summed E-state index contributed by atoms with van der Waals surface area (Å²) in [4.78, 5) is 30.7. The van der Waals surface area contributed by atoms with Gasteiger partial charge in [0.15, 0.2) is 0 Å². The summed E-state index contributed by atoms with van der Waals surface area (Å²) in [5, 5.41) is 3.82. The number of pyridine rings is 1. The minimum Gasteiger partial charge on any atom is -0.494 e. The lowest BCUT2D eigenvalue weighted by atomic mass is 10.2. The number of benzene rings is 2. The number of aromatic nitrogens is 1. The zero-order valence-electron chi connectivity index (χ0n) is 14.9. The fourth-order valence-electron chi connectivity index (χ4n) is 3.27. The molecular formula is C21H19N3O3. The van der Waals surface area contributed by atoms with Crippen molar-refractivity contribution in [3.8, 4) is 5.75 Å². The summed E-state index contributed by atoms with van der Waals surface area (Å²) in [6.45, 7) is 0.682. The summed E-state index contributed by atoms with van der Waals surface area (Å²) in [5.74, 6) is 0.341. The molecule has 1 N–H and O–H groups in total. The first-order valence-electron chi connectivity index (χ1n) is 8.81. The van der Waals surface area contributed by atoms with Gasteiger partial charge in [0.2, 0.25) is 5.91 Å². The third-order valence-electron chi connectivity index (χ3n) is 4.63. The van der Waals surface area contributed by atoms with Gasteiger partial charge in [-0.3, -0.25) is 9.59 Å². The first kappa shape index (κ1) is 17.0. The zero-order chi connectivity index (χ0) is 18.8. The molecule has 2 heterocycles. The number of fused-ring (bicyclic) bond motifs is 1. The molecule has 2 amide bonds. The minimum absolute atomic E-state index is 0.0884. The number of nitrogens with one attached hydrogen (secondary N) is 1. The van der Waals surface area contributed by atoms with Crippen molar-refractivity contribution >= 4 is 34.1 Å². The predicted octanol–water partition coefficient (Wildman–Crippen LogP) is 3.62. The number of para-hydroxylation sites is 1. The van der Waals surface area contributed by atoms with E-state index in [4.69, 9.17) is 4.74 Å². The van der Waals surface area contributed by atoms with Crippen LogP contribution in [0.4, 0.5) is 11.4 Å². The van der Waals surface area contributed by atoms with E-state index in [1.165, 1.54) is 0 Å². The number of ether oxygens (including phenoxy) is 1. The van der Waals surface area contributed by atoms with E-state index in [9.17, 15) is 9.59 Å². The Labute approximate surface area is 156 Å². The molecular weight excluding hydrogens is 342 g/mol. The highest BCUT2D eigenvalue weighted by atomic mass is 16.5. The first-order valence-corrected chi connectivity index (χ1v) is 8.81. The third-order valence-corrected chi connectivity index (χ3v) is 4.63. The number of anilines is 2. The molecule has 0 unspecified atom stereocenters. The van der Waals surface area contributed by atoms with Crippen molar-refractivity contribution in [2.24, 2.45) is 0 Å². The predicted molar refractivity (Wildman–Crippen MR) is 104 cm³/mol. The standard InChI is InChI=1S/C21H19N3O3/c1-27-19-13-15(9-11-18(19)24-12-4-7-20(24)25)22-21(26)17-10-8-14-5-2-3-6-16(14)23-17/h2-3,5-6,8-11,13H,4,7,12H2,1H3,(H,22,26). The van der Waals surface area contributed by atoms with Gasteiger partial charge < -0.3 is 15.0 Å². The van der Waals surface area contributed by atoms with E-state index in [1.54, 1.807) is 36.3 Å². The molecule has 0 spiro atoms. The smallest absolute Gasteiger partial charge is 0.274 e. The van der Waals surface area contributed by atoms with E-state index in [0.717, 1.165) is 23.0 Å². The molecule has 6 nitrogen and oxygen atoms in total. The molecule has 1 aliphatic rings. The fourth-order valence-corrected chi connectivity index (χ4v) is 3.27. The lowest BCUT2D eigenvalue weighted by Gasteiger charge is -2.19. The van der Waals surface area contributed by atoms with Gasteiger partial charge in [-0.15, -0.1) is 0 Å². The molecule has 0 aliphatic carbocycles. The Kier molecular flexibility index (Phi) is 4.46. The Hall–Kier alpha value is -3.41. The lowest BCUT2D eigenvalue weighted by molar-refractivity contribution is -0.117. The molecule has 3 aromatic rings. The topological polar surface area (TPSA) is 71.5 Å². The van der Waals surface area contributed by atoms with Gasteiger partial charge in [0.1, 0.15) is 11.4 Å². The van der Waals surface area contributed by atoms with Crippen LogP contribution < -0.4 is 15.0 Å². The number of rotatable bonds is 4. The highest BCUT2D eigenvalue weighted by Gasteiger charge is 2.24. The summed E-state index contributed by atoms with van der Waals surface area (Å²) in [7, 11) is 1.55. The van der Waals surface area contributed by atoms with Crippen molar-refractivity contribution in [1.29, 1.82) is 0 Å². The van der Waals surface area contributed by atoms with Crippen molar-refractivity contribution in [3.63, 3.8) is 0 Å². The van der Waals surface area contributed by atoms with E-state index in [0.29, 0.717) is 30.1 Å². The van der Waals surface area contributed by atoms with Crippen LogP contribution >= 0.6 is 0 Å². The lowest BCUT2D eigenvalue weighted by Crippen LogP contribution is -2.24. The number of methoxy groups -OCH3 is 1. The maximum atomic E-state index is 12.6. The molecule has 1 aromatic heterocycles. The van der Waals surface area contributed by atoms with Crippen LogP contribution in [0.5, 0.6) is 5.75 Å². The SMILES string of the molecule is COc1cc(NC(=O)c2ccc3ccccc3n2)ccc1N1CCCC1=O. The van der Waals surface area contributed by atoms with E-state index < -0.39 is 0 Å². The van der Waals surface area contributed by atoms with Gasteiger partial charge in [0.05, 0.1) is 18.3 Å². The normalized spacial score (nSPS) is 13.8. The molecule has 4 rings (SSSR count). The largest absolute Gasteiger partial charge is 0.494 e. The highest BCUT2D eigenvalue weighted by molar-refractivity contribution is 6.04. The van der Waals surface area contributed by atoms with Crippen LogP contribution in [0.15, 0.2) is 54.6 Å². The second kappa shape index (κ2) is 7.07. The van der Waals surface area contributed by atoms with E-state index >= 15 is 0 Å². The molecule has 1 fully saturated rings. The average molecular weight is 361 g/mol. The van der Waals surface area contributed by atoms with Crippen molar-refractivity contribution in [2.45, 2.75) is 12.8 Å². The first-order chi connectivity index (χ1) is 13.2. The molecule has 1 aliphatic heterocycles. The van der Waals surface area contributed by atoms with Gasteiger partial charge in [0.25, 0.3) is 5.91 Å². The van der Waals surface area contributed by atoms with Gasteiger partial charge in [-0.05, 0) is 30.7 Å². The van der Waals surface area contributed by atoms with Crippen LogP contribution in [-0.4, -0.2) is 30.5 Å². The Morgan fingerprint density at radius 1 is 1.15 bits per heavy atom. The van der Waals surface area contributed by atoms with E-state index in [-0.39, 0.29) is 11.8 Å². The Balaban J connectivity index is 1.57. The van der Waals surface area contributed by atoms with Crippen LogP contribution in [-0.2, 0) is 4.79 Å². The van der Waals surface area contributed by atoms with Crippen LogP contribution in [0.2, 0.25) is 0 Å². The summed E-state index contributed by atoms with van der Waals surface area (Å²) >= 11 is 0. The second-order valence-electron chi connectivity index (χ2n) is 6.38. The van der Waals surface area contributed by atoms with Gasteiger partial charge in [-0.2, -0.15) is 0 Å². The quantitative estimate of drug-likeness (QED) is 0.770. The van der Waals surface area contributed by atoms with Crippen molar-refractivity contribution in [1.82, 2.24) is 4.98 Å². The summed E-state index contributed by atoms with van der Waals surface area (Å²) in [5.41, 5.74) is 2.42. The summed E-state index contributed by atoms with van der Waals surface area (Å²) in [6.07, 6.45) is 1.39. The Morgan fingerprint density at radius 2 is 2.00 bits per heavy atom. The highest BCUT2D eigenvalue weighted by Crippen LogP contribution is 2.34. The molecule has 2 aromatic carbocycles. The van der Waals surface area contributed by atoms with Crippen molar-refractivity contribution < 1.29 is 14.3 Å². The number of amides is 2. The van der Waals surface area contributed by atoms with Gasteiger partial charge in [-0.1, -0.05) is 24.3 Å². The Bertz CT molecular complexity index is 1030. The average Bonchev–Trinajstić information content (AvgIpc) is 3.13. The van der Waals surface area contributed by atoms with Crippen LogP contribution in [0, 0.1) is 0 Å². The van der Waals surface area contributed by atoms with Crippen LogP contribution in [0.25, 0.3) is 10.9 Å². The molecule has 1 saturated heterocycles. The Morgan fingerprint density at radius 3 is 2.78 bits per heavy atom. The fraction of sp³-hybridized carbons (Fsp3) is 0.190. The summed E-state index contributed by atoms with van der Waals surface area (Å²) < 4.78 is 5.43. The zero-order valence-corrected chi connectivity index (χ0v) is 14.9. The summed E-state index contributed by atoms with van der Waals surface area (Å²) in [6, 6.07) is 16.5. The monoisotopic (exact) mass is 361 g/mol.